The van der Waals surface area contributed by atoms with Crippen molar-refractivity contribution in [2.45, 2.75) is 36.1 Å². The third-order valence-corrected chi connectivity index (χ3v) is 5.50. The lowest BCUT2D eigenvalue weighted by molar-refractivity contribution is -0.161. The van der Waals surface area contributed by atoms with E-state index in [4.69, 9.17) is 10.2 Å². The average molecular weight is 370 g/mol. The topological polar surface area (TPSA) is 116 Å². The van der Waals surface area contributed by atoms with Crippen LogP contribution in [0, 0.1) is 0 Å². The van der Waals surface area contributed by atoms with E-state index in [1.165, 1.54) is 16.7 Å². The highest BCUT2D eigenvalue weighted by Crippen LogP contribution is 2.50. The van der Waals surface area contributed by atoms with Gasteiger partial charge in [0.05, 0.1) is 5.48 Å². The van der Waals surface area contributed by atoms with Gasteiger partial charge in [0.1, 0.15) is 29.0 Å². The number of fused-ring (bicyclic) bond motifs is 1. The average Bonchev–Trinajstić information content (AvgIpc) is 2.91. The first-order chi connectivity index (χ1) is 13.4. The summed E-state index contributed by atoms with van der Waals surface area (Å²) in [5.74, 6) is -3.72. The molecule has 2 saturated heterocycles. The summed E-state index contributed by atoms with van der Waals surface area (Å²) in [4.78, 5) is 37.2. The van der Waals surface area contributed by atoms with Crippen molar-refractivity contribution in [1.29, 1.82) is 0 Å². The number of nitrogens with zero attached hydrogens (tertiary/aromatic N) is 1. The number of benzene rings is 1. The molecule has 0 aromatic heterocycles. The molecule has 1 aromatic carbocycles. The molecular formula is C16H18N2O6S. The van der Waals surface area contributed by atoms with Gasteiger partial charge >= 0.3 is 5.97 Å². The van der Waals surface area contributed by atoms with Gasteiger partial charge in [-0.2, -0.15) is 0 Å². The first kappa shape index (κ1) is 12.9. The smallest absolute Gasteiger partial charge is 0.327 e. The van der Waals surface area contributed by atoms with Crippen molar-refractivity contribution in [2.24, 2.45) is 0 Å². The minimum absolute atomic E-state index is 0.503. The van der Waals surface area contributed by atoms with Crippen molar-refractivity contribution in [3.05, 3.63) is 24.2 Å². The Balaban J connectivity index is 1.67. The molecule has 9 heteroatoms. The second-order valence-electron chi connectivity index (χ2n) is 6.11. The molecule has 3 N–H and O–H groups in total. The molecule has 0 bridgehead atoms. The number of amides is 2. The van der Waals surface area contributed by atoms with Crippen molar-refractivity contribution in [1.82, 2.24) is 10.2 Å². The monoisotopic (exact) mass is 370 g/mol. The molecule has 2 amide bonds. The number of nitrogens with one attached hydrogen (secondary N) is 1. The maximum atomic E-state index is 12.3. The van der Waals surface area contributed by atoms with Crippen LogP contribution in [-0.2, 0) is 14.4 Å². The van der Waals surface area contributed by atoms with Crippen molar-refractivity contribution in [3.8, 4) is 11.5 Å². The van der Waals surface area contributed by atoms with E-state index < -0.39 is 82.3 Å². The van der Waals surface area contributed by atoms with E-state index in [0.717, 1.165) is 0 Å². The van der Waals surface area contributed by atoms with Crippen LogP contribution in [-0.4, -0.2) is 61.7 Å². The van der Waals surface area contributed by atoms with E-state index >= 15 is 0 Å². The van der Waals surface area contributed by atoms with Crippen molar-refractivity contribution >= 4 is 29.5 Å². The zero-order valence-electron chi connectivity index (χ0n) is 17.3. The normalized spacial score (nSPS) is 28.8. The number of ether oxygens (including phenoxy) is 1. The van der Waals surface area contributed by atoms with Crippen LogP contribution in [0.1, 0.15) is 19.3 Å². The molecule has 2 fully saturated rings. The fourth-order valence-electron chi connectivity index (χ4n) is 2.86. The van der Waals surface area contributed by atoms with Gasteiger partial charge in [-0.1, -0.05) is 0 Å². The summed E-state index contributed by atoms with van der Waals surface area (Å²) in [5, 5.41) is 20.8. The van der Waals surface area contributed by atoms with E-state index in [0.29, 0.717) is 0 Å². The second-order valence-corrected chi connectivity index (χ2v) is 7.88. The van der Waals surface area contributed by atoms with Crippen molar-refractivity contribution in [2.75, 3.05) is 6.61 Å². The quantitative estimate of drug-likeness (QED) is 0.643. The maximum Gasteiger partial charge on any atom is 0.327 e. The number of β-lactam (4-membered cyclic amide) rings is 1. The van der Waals surface area contributed by atoms with Gasteiger partial charge in [-0.15, -0.1) is 11.8 Å². The molecule has 2 aliphatic rings. The molecule has 0 saturated carbocycles. The number of carboxylic acids is 1. The lowest BCUT2D eigenvalue weighted by Gasteiger charge is -2.43. The van der Waals surface area contributed by atoms with Crippen molar-refractivity contribution in [3.63, 3.8) is 0 Å². The number of aliphatic carboxylic acids is 1. The molecule has 0 radical (unpaired) electrons. The molecule has 0 aliphatic carbocycles. The predicted molar refractivity (Wildman–Crippen MR) is 89.3 cm³/mol. The second kappa shape index (κ2) is 6.14. The number of carbonyl (C=O) groups is 3. The molecular weight excluding hydrogens is 348 g/mol. The Labute approximate surface area is 153 Å². The van der Waals surface area contributed by atoms with E-state index in [-0.39, 0.29) is 0 Å². The number of phenolic OH excluding ortho intramolecular Hbond substituents is 1. The molecule has 1 unspecified atom stereocenters. The fourth-order valence-corrected chi connectivity index (χ4v) is 4.49. The summed E-state index contributed by atoms with van der Waals surface area (Å²) in [7, 11) is 0. The number of aromatic hydroxyl groups is 1. The highest BCUT2D eigenvalue weighted by Gasteiger charge is 2.64. The summed E-state index contributed by atoms with van der Waals surface area (Å²) in [6, 6.07) is -4.61. The molecule has 2 heterocycles. The largest absolute Gasteiger partial charge is 0.508 e. The first-order valence-electron chi connectivity index (χ1n) is 9.32. The van der Waals surface area contributed by atoms with Gasteiger partial charge in [0.2, 0.25) is 5.91 Å². The number of phenols is 1. The van der Waals surface area contributed by atoms with Gasteiger partial charge in [-0.3, -0.25) is 9.59 Å². The van der Waals surface area contributed by atoms with E-state index in [9.17, 15) is 24.6 Å². The molecule has 3 rings (SSSR count). The van der Waals surface area contributed by atoms with Crippen molar-refractivity contribution < 1.29 is 34.8 Å². The summed E-state index contributed by atoms with van der Waals surface area (Å²) >= 11 is 1.26. The van der Waals surface area contributed by atoms with Gasteiger partial charge in [0.15, 0.2) is 6.61 Å². The van der Waals surface area contributed by atoms with Crippen LogP contribution in [0.5, 0.6) is 11.5 Å². The number of carboxylic acid groups (broad SMARTS) is 1. The minimum Gasteiger partial charge on any atom is -0.508 e. The number of hydrogen-bond acceptors (Lipinski definition) is 6. The Morgan fingerprint density at radius 2 is 2.04 bits per heavy atom. The molecule has 25 heavy (non-hydrogen) atoms. The third-order valence-electron chi connectivity index (χ3n) is 3.93. The number of hydrogen-bond donors (Lipinski definition) is 3. The Morgan fingerprint density at radius 1 is 1.40 bits per heavy atom. The standard InChI is InChI=1S/C16H18N2O6S/c1-16(2)12(15(22)23)18-13(21)11(14(18)25-16)17-10(20)7-24-9-5-3-8(19)4-6-9/h3-6,11-12,14,19H,7H2,1-2H3,(H,17,20)(H,22,23)/t11?,12-,14+/m0/s1/i3D,4D,5D,6D. The van der Waals surface area contributed by atoms with E-state index in [1.54, 1.807) is 13.8 Å². The number of thioether (sulfide) groups is 1. The lowest BCUT2D eigenvalue weighted by atomic mass is 9.96. The predicted octanol–water partition coefficient (Wildman–Crippen LogP) is 0.403. The highest BCUT2D eigenvalue weighted by molar-refractivity contribution is 8.01. The zero-order valence-corrected chi connectivity index (χ0v) is 14.1. The highest BCUT2D eigenvalue weighted by atomic mass is 32.2. The van der Waals surface area contributed by atoms with E-state index in [2.05, 4.69) is 5.32 Å². The summed E-state index contributed by atoms with van der Waals surface area (Å²) in [5.41, 5.74) is 0. The summed E-state index contributed by atoms with van der Waals surface area (Å²) in [6.45, 7) is 2.73. The van der Waals surface area contributed by atoms with Crippen LogP contribution in [0.2, 0.25) is 0 Å². The van der Waals surface area contributed by atoms with Crippen LogP contribution in [0.25, 0.3) is 0 Å². The summed E-state index contributed by atoms with van der Waals surface area (Å²) in [6.07, 6.45) is 0. The first-order valence-corrected chi connectivity index (χ1v) is 8.20. The van der Waals surface area contributed by atoms with Crippen LogP contribution < -0.4 is 10.1 Å². The lowest BCUT2D eigenvalue weighted by Crippen LogP contribution is -2.70. The van der Waals surface area contributed by atoms with Gasteiger partial charge < -0.3 is 25.2 Å². The van der Waals surface area contributed by atoms with Gasteiger partial charge in [0.25, 0.3) is 5.91 Å². The molecule has 8 nitrogen and oxygen atoms in total. The Hall–Kier alpha value is -2.42. The maximum absolute atomic E-state index is 12.3. The van der Waals surface area contributed by atoms with Crippen LogP contribution in [0.4, 0.5) is 0 Å². The number of rotatable bonds is 5. The van der Waals surface area contributed by atoms with Gasteiger partial charge in [0, 0.05) is 4.75 Å². The Kier molecular flexibility index (Phi) is 3.16. The van der Waals surface area contributed by atoms with E-state index in [1.807, 2.05) is 0 Å². The molecule has 3 atom stereocenters. The van der Waals surface area contributed by atoms with Crippen LogP contribution in [0.15, 0.2) is 24.2 Å². The van der Waals surface area contributed by atoms with Crippen LogP contribution >= 0.6 is 11.8 Å². The molecule has 0 spiro atoms. The Bertz CT molecular complexity index is 898. The molecule has 2 aliphatic heterocycles. The molecule has 134 valence electrons. The van der Waals surface area contributed by atoms with Gasteiger partial charge in [-0.25, -0.2) is 4.79 Å². The Morgan fingerprint density at radius 3 is 2.64 bits per heavy atom. The zero-order chi connectivity index (χ0) is 21.8. The van der Waals surface area contributed by atoms with Gasteiger partial charge in [-0.05, 0) is 38.0 Å². The third kappa shape index (κ3) is 3.11. The summed E-state index contributed by atoms with van der Waals surface area (Å²) < 4.78 is 34.9. The fraction of sp³-hybridized carbons (Fsp3) is 0.438. The number of carbonyl (C=O) groups excluding carboxylic acids is 2. The molecule has 1 aromatic rings. The SMILES string of the molecule is [2H]c1c([2H])c(OCC(=O)NC2C(=O)N3[C@@H]2SC(C)(C)[C@@H]3C(=O)O)c([2H])c([2H])c1O. The van der Waals surface area contributed by atoms with Crippen LogP contribution in [0.3, 0.4) is 0 Å². The minimum atomic E-state index is -1.12.